The smallest absolute Gasteiger partial charge is 0.00369 e. The fourth-order valence-corrected chi connectivity index (χ4v) is 2.33. The van der Waals surface area contributed by atoms with Crippen molar-refractivity contribution in [2.75, 3.05) is 5.75 Å². The normalized spacial score (nSPS) is 13.0. The Bertz CT molecular complexity index is 99.9. The molecule has 1 heteroatoms. The van der Waals surface area contributed by atoms with Gasteiger partial charge in [0.25, 0.3) is 0 Å². The minimum Gasteiger partial charge on any atom is -0.0942 e. The van der Waals surface area contributed by atoms with Crippen molar-refractivity contribution in [2.45, 2.75) is 78.1 Å². The van der Waals surface area contributed by atoms with Crippen LogP contribution < -0.4 is 0 Å². The van der Waals surface area contributed by atoms with E-state index in [4.69, 9.17) is 12.6 Å². The molecular weight excluding hydrogens is 200 g/mol. The van der Waals surface area contributed by atoms with Crippen molar-refractivity contribution < 1.29 is 0 Å². The van der Waals surface area contributed by atoms with E-state index in [1.54, 1.807) is 0 Å². The number of hydrogen-bond acceptors (Lipinski definition) is 0. The largest absolute Gasteiger partial charge is 0.0942 e. The average molecular weight is 229 g/mol. The molecule has 0 aromatic heterocycles. The van der Waals surface area contributed by atoms with E-state index in [0.29, 0.717) is 0 Å². The summed E-state index contributed by atoms with van der Waals surface area (Å²) in [4.78, 5) is 0. The van der Waals surface area contributed by atoms with Crippen LogP contribution in [-0.4, -0.2) is 5.75 Å². The molecule has 0 aromatic carbocycles. The minimum atomic E-state index is 0.952. The van der Waals surface area contributed by atoms with Crippen LogP contribution in [0.25, 0.3) is 0 Å². The first-order valence-electron chi connectivity index (χ1n) is 6.93. The SMILES string of the molecule is CCCCCCC(CC)CCCCC[S]. The van der Waals surface area contributed by atoms with E-state index < -0.39 is 0 Å². The van der Waals surface area contributed by atoms with Crippen LogP contribution in [0.4, 0.5) is 0 Å². The van der Waals surface area contributed by atoms with Crippen molar-refractivity contribution in [2.24, 2.45) is 5.92 Å². The van der Waals surface area contributed by atoms with Gasteiger partial charge in [-0.3, -0.25) is 0 Å². The molecule has 0 fully saturated rings. The highest BCUT2D eigenvalue weighted by Gasteiger charge is 2.05. The first-order valence-corrected chi connectivity index (χ1v) is 7.50. The quantitative estimate of drug-likeness (QED) is 0.396. The predicted octanol–water partition coefficient (Wildman–Crippen LogP) is 5.74. The van der Waals surface area contributed by atoms with Crippen molar-refractivity contribution in [1.29, 1.82) is 0 Å². The van der Waals surface area contributed by atoms with Crippen LogP contribution >= 0.6 is 12.6 Å². The third-order valence-electron chi connectivity index (χ3n) is 3.30. The molecule has 0 saturated heterocycles. The maximum Gasteiger partial charge on any atom is 0.00369 e. The van der Waals surface area contributed by atoms with Gasteiger partial charge in [0, 0.05) is 5.75 Å². The minimum absolute atomic E-state index is 0.952. The zero-order valence-electron chi connectivity index (χ0n) is 10.8. The van der Waals surface area contributed by atoms with Gasteiger partial charge in [0.2, 0.25) is 0 Å². The molecular formula is C14H29S. The fraction of sp³-hybridized carbons (Fsp3) is 1.00. The second-order valence-corrected chi connectivity index (χ2v) is 5.09. The molecule has 0 aliphatic carbocycles. The van der Waals surface area contributed by atoms with Crippen molar-refractivity contribution in [3.63, 3.8) is 0 Å². The Kier molecular flexibility index (Phi) is 12.7. The Balaban J connectivity index is 3.29. The van der Waals surface area contributed by atoms with E-state index in [0.717, 1.165) is 11.7 Å². The number of unbranched alkanes of at least 4 members (excludes halogenated alkanes) is 5. The Morgan fingerprint density at radius 1 is 0.800 bits per heavy atom. The number of rotatable bonds is 11. The van der Waals surface area contributed by atoms with Gasteiger partial charge >= 0.3 is 0 Å². The molecule has 0 amide bonds. The monoisotopic (exact) mass is 229 g/mol. The van der Waals surface area contributed by atoms with E-state index in [-0.39, 0.29) is 0 Å². The highest BCUT2D eigenvalue weighted by atomic mass is 32.1. The zero-order chi connectivity index (χ0) is 11.4. The summed E-state index contributed by atoms with van der Waals surface area (Å²) >= 11 is 4.96. The Hall–Kier alpha value is 0.350. The topological polar surface area (TPSA) is 0 Å². The Morgan fingerprint density at radius 2 is 1.40 bits per heavy atom. The second-order valence-electron chi connectivity index (χ2n) is 4.68. The molecule has 15 heavy (non-hydrogen) atoms. The van der Waals surface area contributed by atoms with Crippen LogP contribution in [0.5, 0.6) is 0 Å². The molecule has 0 rings (SSSR count). The molecule has 1 atom stereocenters. The lowest BCUT2D eigenvalue weighted by Crippen LogP contribution is -1.99. The molecule has 0 spiro atoms. The summed E-state index contributed by atoms with van der Waals surface area (Å²) in [5.41, 5.74) is 0. The lowest BCUT2D eigenvalue weighted by molar-refractivity contribution is 0.398. The van der Waals surface area contributed by atoms with E-state index in [9.17, 15) is 0 Å². The summed E-state index contributed by atoms with van der Waals surface area (Å²) < 4.78 is 0. The summed E-state index contributed by atoms with van der Waals surface area (Å²) in [6.07, 6.45) is 14.0. The zero-order valence-corrected chi connectivity index (χ0v) is 11.6. The Labute approximate surface area is 103 Å². The van der Waals surface area contributed by atoms with Gasteiger partial charge in [-0.25, -0.2) is 0 Å². The van der Waals surface area contributed by atoms with Crippen molar-refractivity contribution in [3.8, 4) is 0 Å². The van der Waals surface area contributed by atoms with Crippen LogP contribution in [0.3, 0.4) is 0 Å². The summed E-state index contributed by atoms with van der Waals surface area (Å²) in [6, 6.07) is 0. The molecule has 0 saturated carbocycles. The van der Waals surface area contributed by atoms with Gasteiger partial charge in [0.1, 0.15) is 0 Å². The van der Waals surface area contributed by atoms with E-state index in [2.05, 4.69) is 13.8 Å². The maximum atomic E-state index is 4.96. The van der Waals surface area contributed by atoms with Crippen molar-refractivity contribution in [3.05, 3.63) is 0 Å². The summed E-state index contributed by atoms with van der Waals surface area (Å²) in [5, 5.41) is 0. The van der Waals surface area contributed by atoms with Gasteiger partial charge in [-0.15, -0.1) is 0 Å². The van der Waals surface area contributed by atoms with Gasteiger partial charge in [0.15, 0.2) is 0 Å². The van der Waals surface area contributed by atoms with Gasteiger partial charge < -0.3 is 0 Å². The van der Waals surface area contributed by atoms with E-state index >= 15 is 0 Å². The lowest BCUT2D eigenvalue weighted by Gasteiger charge is -2.14. The third kappa shape index (κ3) is 10.6. The highest BCUT2D eigenvalue weighted by molar-refractivity contribution is 7.80. The first kappa shape index (κ1) is 15.3. The highest BCUT2D eigenvalue weighted by Crippen LogP contribution is 2.20. The molecule has 0 nitrogen and oxygen atoms in total. The van der Waals surface area contributed by atoms with Crippen LogP contribution in [0.1, 0.15) is 78.1 Å². The number of hydrogen-bond donors (Lipinski definition) is 0. The summed E-state index contributed by atoms with van der Waals surface area (Å²) in [7, 11) is 0. The van der Waals surface area contributed by atoms with E-state index in [1.165, 1.54) is 64.2 Å². The van der Waals surface area contributed by atoms with Crippen LogP contribution in [0.15, 0.2) is 0 Å². The standard InChI is InChI=1S/C14H29S/c1-3-5-6-8-11-14(4-2)12-9-7-10-13-15/h14H,3-13H2,1-2H3. The van der Waals surface area contributed by atoms with Gasteiger partial charge in [-0.2, -0.15) is 0 Å². The second kappa shape index (κ2) is 12.4. The van der Waals surface area contributed by atoms with Gasteiger partial charge in [-0.1, -0.05) is 84.3 Å². The molecule has 1 radical (unpaired) electrons. The average Bonchev–Trinajstić information content (AvgIpc) is 2.27. The van der Waals surface area contributed by atoms with Gasteiger partial charge in [-0.05, 0) is 12.3 Å². The third-order valence-corrected chi connectivity index (χ3v) is 3.59. The molecule has 0 aliphatic heterocycles. The van der Waals surface area contributed by atoms with Crippen molar-refractivity contribution >= 4 is 12.6 Å². The molecule has 0 N–H and O–H groups in total. The van der Waals surface area contributed by atoms with Gasteiger partial charge in [0.05, 0.1) is 0 Å². The molecule has 0 bridgehead atoms. The molecule has 0 aliphatic rings. The fourth-order valence-electron chi connectivity index (χ4n) is 2.12. The molecule has 1 unspecified atom stereocenters. The van der Waals surface area contributed by atoms with Crippen LogP contribution in [0, 0.1) is 5.92 Å². The van der Waals surface area contributed by atoms with Crippen molar-refractivity contribution in [1.82, 2.24) is 0 Å². The maximum absolute atomic E-state index is 4.96. The predicted molar refractivity (Wildman–Crippen MR) is 73.5 cm³/mol. The molecule has 91 valence electrons. The lowest BCUT2D eigenvalue weighted by atomic mass is 9.93. The van der Waals surface area contributed by atoms with E-state index in [1.807, 2.05) is 0 Å². The molecule has 0 heterocycles. The first-order chi connectivity index (χ1) is 7.35. The van der Waals surface area contributed by atoms with Crippen LogP contribution in [-0.2, 0) is 0 Å². The van der Waals surface area contributed by atoms with Crippen LogP contribution in [0.2, 0.25) is 0 Å². The Morgan fingerprint density at radius 3 is 1.87 bits per heavy atom. The molecule has 0 aromatic rings. The summed E-state index contributed by atoms with van der Waals surface area (Å²) in [5.74, 6) is 1.94. The summed E-state index contributed by atoms with van der Waals surface area (Å²) in [6.45, 7) is 4.63.